The molecule has 0 N–H and O–H groups in total. The second kappa shape index (κ2) is 8.61. The van der Waals surface area contributed by atoms with Crippen LogP contribution in [-0.4, -0.2) is 86.6 Å². The van der Waals surface area contributed by atoms with Gasteiger partial charge in [0.1, 0.15) is 6.10 Å². The summed E-state index contributed by atoms with van der Waals surface area (Å²) in [6.07, 6.45) is 3.04. The van der Waals surface area contributed by atoms with Crippen molar-refractivity contribution in [2.75, 3.05) is 52.6 Å². The van der Waals surface area contributed by atoms with Gasteiger partial charge >= 0.3 is 0 Å². The van der Waals surface area contributed by atoms with Gasteiger partial charge in [-0.3, -0.25) is 9.69 Å². The molecular formula is C18H32N2O4. The first-order valence-corrected chi connectivity index (χ1v) is 9.52. The number of hydrogen-bond acceptors (Lipinski definition) is 5. The number of nitrogens with zero attached hydrogens (tertiary/aromatic N) is 2. The molecule has 4 atom stereocenters. The van der Waals surface area contributed by atoms with Crippen LogP contribution in [0, 0.1) is 5.92 Å². The molecule has 0 aromatic heterocycles. The molecule has 138 valence electrons. The third-order valence-corrected chi connectivity index (χ3v) is 5.66. The van der Waals surface area contributed by atoms with Crippen molar-refractivity contribution in [3.8, 4) is 0 Å². The molecule has 3 saturated heterocycles. The van der Waals surface area contributed by atoms with E-state index in [-0.39, 0.29) is 18.1 Å². The van der Waals surface area contributed by atoms with E-state index in [1.165, 1.54) is 0 Å². The van der Waals surface area contributed by atoms with Crippen molar-refractivity contribution < 1.29 is 19.0 Å². The maximum atomic E-state index is 12.8. The molecular weight excluding hydrogens is 308 g/mol. The number of rotatable bonds is 6. The number of carbonyl (C=O) groups is 1. The molecule has 3 heterocycles. The van der Waals surface area contributed by atoms with Crippen LogP contribution >= 0.6 is 0 Å². The topological polar surface area (TPSA) is 51.2 Å². The molecule has 3 rings (SSSR count). The summed E-state index contributed by atoms with van der Waals surface area (Å²) in [4.78, 5) is 17.3. The SMILES string of the molecule is CC[C@@H]1CN(C(=O)[C@H](C)OC[C@@H]2CCCO2)C[C@H]1N1CCOCC1. The summed E-state index contributed by atoms with van der Waals surface area (Å²) in [5.41, 5.74) is 0. The molecule has 0 saturated carbocycles. The summed E-state index contributed by atoms with van der Waals surface area (Å²) in [6.45, 7) is 10.7. The molecule has 3 aliphatic rings. The summed E-state index contributed by atoms with van der Waals surface area (Å²) in [5, 5.41) is 0. The highest BCUT2D eigenvalue weighted by Crippen LogP contribution is 2.26. The summed E-state index contributed by atoms with van der Waals surface area (Å²) in [7, 11) is 0. The molecule has 6 heteroatoms. The third-order valence-electron chi connectivity index (χ3n) is 5.66. The quantitative estimate of drug-likeness (QED) is 0.726. The molecule has 24 heavy (non-hydrogen) atoms. The highest BCUT2D eigenvalue weighted by atomic mass is 16.5. The minimum Gasteiger partial charge on any atom is -0.379 e. The molecule has 1 amide bonds. The van der Waals surface area contributed by atoms with Gasteiger partial charge in [0.05, 0.1) is 25.9 Å². The largest absolute Gasteiger partial charge is 0.379 e. The van der Waals surface area contributed by atoms with Crippen LogP contribution in [0.4, 0.5) is 0 Å². The first-order chi connectivity index (χ1) is 11.7. The van der Waals surface area contributed by atoms with E-state index >= 15 is 0 Å². The highest BCUT2D eigenvalue weighted by Gasteiger charge is 2.39. The average Bonchev–Trinajstić information content (AvgIpc) is 3.29. The van der Waals surface area contributed by atoms with Gasteiger partial charge in [0.25, 0.3) is 5.91 Å². The molecule has 3 fully saturated rings. The Morgan fingerprint density at radius 1 is 1.25 bits per heavy atom. The molecule has 0 radical (unpaired) electrons. The molecule has 0 aromatic rings. The predicted molar refractivity (Wildman–Crippen MR) is 90.9 cm³/mol. The lowest BCUT2D eigenvalue weighted by Gasteiger charge is -2.34. The van der Waals surface area contributed by atoms with Crippen LogP contribution in [0.1, 0.15) is 33.1 Å². The molecule has 0 bridgehead atoms. The van der Waals surface area contributed by atoms with Gasteiger partial charge in [0, 0.05) is 38.8 Å². The van der Waals surface area contributed by atoms with E-state index < -0.39 is 0 Å². The summed E-state index contributed by atoms with van der Waals surface area (Å²) in [5.74, 6) is 0.680. The first kappa shape index (κ1) is 18.1. The number of amides is 1. The van der Waals surface area contributed by atoms with Crippen LogP contribution in [-0.2, 0) is 19.0 Å². The summed E-state index contributed by atoms with van der Waals surface area (Å²) >= 11 is 0. The van der Waals surface area contributed by atoms with Crippen molar-refractivity contribution in [2.45, 2.75) is 51.4 Å². The van der Waals surface area contributed by atoms with Crippen LogP contribution in [0.15, 0.2) is 0 Å². The Bertz CT molecular complexity index is 408. The third kappa shape index (κ3) is 4.28. The maximum absolute atomic E-state index is 12.8. The van der Waals surface area contributed by atoms with Crippen LogP contribution in [0.25, 0.3) is 0 Å². The lowest BCUT2D eigenvalue weighted by atomic mass is 9.99. The van der Waals surface area contributed by atoms with Gasteiger partial charge in [-0.1, -0.05) is 13.3 Å². The van der Waals surface area contributed by atoms with Crippen LogP contribution in [0.2, 0.25) is 0 Å². The van der Waals surface area contributed by atoms with E-state index in [4.69, 9.17) is 14.2 Å². The Morgan fingerprint density at radius 3 is 2.71 bits per heavy atom. The molecule has 0 spiro atoms. The zero-order chi connectivity index (χ0) is 16.9. The minimum atomic E-state index is -0.379. The van der Waals surface area contributed by atoms with Crippen molar-refractivity contribution in [1.82, 2.24) is 9.80 Å². The molecule has 6 nitrogen and oxygen atoms in total. The van der Waals surface area contributed by atoms with Gasteiger partial charge in [0.2, 0.25) is 0 Å². The number of carbonyl (C=O) groups excluding carboxylic acids is 1. The van der Waals surface area contributed by atoms with E-state index in [0.29, 0.717) is 18.6 Å². The van der Waals surface area contributed by atoms with E-state index in [1.807, 2.05) is 11.8 Å². The van der Waals surface area contributed by atoms with E-state index in [9.17, 15) is 4.79 Å². The van der Waals surface area contributed by atoms with Gasteiger partial charge in [-0.25, -0.2) is 0 Å². The molecule has 0 aliphatic carbocycles. The Hall–Kier alpha value is -0.690. The van der Waals surface area contributed by atoms with Gasteiger partial charge < -0.3 is 19.1 Å². The van der Waals surface area contributed by atoms with Crippen molar-refractivity contribution in [2.24, 2.45) is 5.92 Å². The van der Waals surface area contributed by atoms with Gasteiger partial charge in [-0.15, -0.1) is 0 Å². The fourth-order valence-electron chi connectivity index (χ4n) is 4.11. The van der Waals surface area contributed by atoms with Gasteiger partial charge in [-0.05, 0) is 25.7 Å². The van der Waals surface area contributed by atoms with Crippen LogP contribution in [0.3, 0.4) is 0 Å². The summed E-state index contributed by atoms with van der Waals surface area (Å²) < 4.78 is 16.8. The Kier molecular flexibility index (Phi) is 6.49. The van der Waals surface area contributed by atoms with Crippen molar-refractivity contribution in [1.29, 1.82) is 0 Å². The number of hydrogen-bond donors (Lipinski definition) is 0. The standard InChI is InChI=1S/C18H32N2O4/c1-3-15-11-20(12-17(15)19-6-9-22-10-7-19)18(21)14(2)24-13-16-5-4-8-23-16/h14-17H,3-13H2,1-2H3/t14-,15+,16-,17+/m0/s1. The van der Waals surface area contributed by atoms with Crippen LogP contribution < -0.4 is 0 Å². The van der Waals surface area contributed by atoms with Crippen molar-refractivity contribution in [3.05, 3.63) is 0 Å². The second-order valence-electron chi connectivity index (χ2n) is 7.24. The van der Waals surface area contributed by atoms with E-state index in [0.717, 1.165) is 65.3 Å². The number of morpholine rings is 1. The van der Waals surface area contributed by atoms with E-state index in [1.54, 1.807) is 0 Å². The zero-order valence-electron chi connectivity index (χ0n) is 15.1. The Labute approximate surface area is 145 Å². The lowest BCUT2D eigenvalue weighted by molar-refractivity contribution is -0.143. The van der Waals surface area contributed by atoms with Crippen molar-refractivity contribution in [3.63, 3.8) is 0 Å². The zero-order valence-corrected chi connectivity index (χ0v) is 15.1. The first-order valence-electron chi connectivity index (χ1n) is 9.52. The maximum Gasteiger partial charge on any atom is 0.251 e. The Balaban J connectivity index is 1.50. The average molecular weight is 340 g/mol. The lowest BCUT2D eigenvalue weighted by Crippen LogP contribution is -2.47. The number of likely N-dealkylation sites (tertiary alicyclic amines) is 1. The highest BCUT2D eigenvalue weighted by molar-refractivity contribution is 5.81. The molecule has 0 unspecified atom stereocenters. The Morgan fingerprint density at radius 2 is 2.04 bits per heavy atom. The fraction of sp³-hybridized carbons (Fsp3) is 0.944. The molecule has 0 aromatic carbocycles. The van der Waals surface area contributed by atoms with Crippen LogP contribution in [0.5, 0.6) is 0 Å². The minimum absolute atomic E-state index is 0.127. The van der Waals surface area contributed by atoms with Gasteiger partial charge in [-0.2, -0.15) is 0 Å². The van der Waals surface area contributed by atoms with Crippen molar-refractivity contribution >= 4 is 5.91 Å². The normalized spacial score (nSPS) is 33.1. The number of ether oxygens (including phenoxy) is 3. The second-order valence-corrected chi connectivity index (χ2v) is 7.24. The predicted octanol–water partition coefficient (Wildman–Crippen LogP) is 1.14. The van der Waals surface area contributed by atoms with Gasteiger partial charge in [0.15, 0.2) is 0 Å². The smallest absolute Gasteiger partial charge is 0.251 e. The van der Waals surface area contributed by atoms with E-state index in [2.05, 4.69) is 11.8 Å². The monoisotopic (exact) mass is 340 g/mol. The fourth-order valence-corrected chi connectivity index (χ4v) is 4.11. The molecule has 3 aliphatic heterocycles. The summed E-state index contributed by atoms with van der Waals surface area (Å²) in [6, 6.07) is 0.466.